The molecule has 1 aromatic heterocycles. The van der Waals surface area contributed by atoms with E-state index in [0.717, 1.165) is 6.07 Å². The molecule has 1 atom stereocenters. The van der Waals surface area contributed by atoms with Crippen LogP contribution in [0.5, 0.6) is 5.88 Å². The summed E-state index contributed by atoms with van der Waals surface area (Å²) in [6.45, 7) is 2.35. The lowest BCUT2D eigenvalue weighted by atomic mass is 10.0. The molecule has 0 aliphatic carbocycles. The van der Waals surface area contributed by atoms with E-state index < -0.39 is 17.6 Å². The summed E-state index contributed by atoms with van der Waals surface area (Å²) >= 11 is 0. The van der Waals surface area contributed by atoms with E-state index in [0.29, 0.717) is 31.1 Å². The Bertz CT molecular complexity index is 795. The molecule has 1 unspecified atom stereocenters. The zero-order chi connectivity index (χ0) is 18.7. The summed E-state index contributed by atoms with van der Waals surface area (Å²) in [5.41, 5.74) is -1.25. The van der Waals surface area contributed by atoms with Crippen LogP contribution in [0.3, 0.4) is 0 Å². The number of halogens is 3. The molecule has 5 nitrogen and oxygen atoms in total. The van der Waals surface area contributed by atoms with Crippen LogP contribution >= 0.6 is 0 Å². The highest BCUT2D eigenvalue weighted by molar-refractivity contribution is 5.96. The summed E-state index contributed by atoms with van der Waals surface area (Å²) in [5.74, 6) is 0.322. The zero-order valence-corrected chi connectivity index (χ0v) is 14.2. The van der Waals surface area contributed by atoms with Crippen LogP contribution in [0.15, 0.2) is 36.5 Å². The minimum atomic E-state index is -4.57. The first kappa shape index (κ1) is 18.2. The fourth-order valence-electron chi connectivity index (χ4n) is 2.98. The van der Waals surface area contributed by atoms with Crippen LogP contribution in [0.2, 0.25) is 0 Å². The van der Waals surface area contributed by atoms with Gasteiger partial charge in [-0.2, -0.15) is 18.2 Å². The molecule has 1 fully saturated rings. The second kappa shape index (κ2) is 7.31. The average molecular weight is 365 g/mol. The van der Waals surface area contributed by atoms with Gasteiger partial charge in [-0.1, -0.05) is 12.1 Å². The van der Waals surface area contributed by atoms with E-state index in [2.05, 4.69) is 9.97 Å². The van der Waals surface area contributed by atoms with Crippen LogP contribution in [-0.4, -0.2) is 40.0 Å². The second-order valence-corrected chi connectivity index (χ2v) is 6.12. The molecule has 2 aromatic rings. The zero-order valence-electron chi connectivity index (χ0n) is 14.2. The summed E-state index contributed by atoms with van der Waals surface area (Å²) in [5, 5.41) is 0. The van der Waals surface area contributed by atoms with Crippen molar-refractivity contribution in [3.05, 3.63) is 53.5 Å². The van der Waals surface area contributed by atoms with Gasteiger partial charge in [-0.25, -0.2) is 4.98 Å². The van der Waals surface area contributed by atoms with Gasteiger partial charge in [-0.05, 0) is 31.9 Å². The quantitative estimate of drug-likeness (QED) is 0.836. The monoisotopic (exact) mass is 365 g/mol. The van der Waals surface area contributed by atoms with Gasteiger partial charge in [-0.15, -0.1) is 0 Å². The highest BCUT2D eigenvalue weighted by atomic mass is 19.4. The molecule has 1 amide bonds. The number of alkyl halides is 3. The number of likely N-dealkylation sites (tertiary alicyclic amines) is 1. The predicted octanol–water partition coefficient (Wildman–Crippen LogP) is 3.49. The van der Waals surface area contributed by atoms with Crippen LogP contribution < -0.4 is 4.74 Å². The van der Waals surface area contributed by atoms with Crippen LogP contribution in [0, 0.1) is 6.92 Å². The van der Waals surface area contributed by atoms with E-state index in [1.807, 2.05) is 0 Å². The molecule has 3 rings (SSSR count). The molecule has 1 saturated heterocycles. The van der Waals surface area contributed by atoms with Crippen molar-refractivity contribution in [3.8, 4) is 5.88 Å². The average Bonchev–Trinajstić information content (AvgIpc) is 2.61. The molecule has 8 heteroatoms. The third kappa shape index (κ3) is 4.12. The Morgan fingerprint density at radius 3 is 2.77 bits per heavy atom. The lowest BCUT2D eigenvalue weighted by molar-refractivity contribution is -0.138. The summed E-state index contributed by atoms with van der Waals surface area (Å²) in [6.07, 6.45) is -1.97. The van der Waals surface area contributed by atoms with Crippen molar-refractivity contribution >= 4 is 5.91 Å². The number of rotatable bonds is 3. The normalized spacial score (nSPS) is 17.8. The number of hydrogen-bond donors (Lipinski definition) is 0. The maximum atomic E-state index is 13.2. The van der Waals surface area contributed by atoms with Crippen molar-refractivity contribution < 1.29 is 22.7 Å². The minimum Gasteiger partial charge on any atom is -0.472 e. The maximum Gasteiger partial charge on any atom is 0.417 e. The van der Waals surface area contributed by atoms with E-state index in [1.165, 1.54) is 23.1 Å². The first-order valence-corrected chi connectivity index (χ1v) is 8.26. The Hall–Kier alpha value is -2.64. The summed E-state index contributed by atoms with van der Waals surface area (Å²) in [4.78, 5) is 22.2. The maximum absolute atomic E-state index is 13.2. The van der Waals surface area contributed by atoms with E-state index in [-0.39, 0.29) is 18.2 Å². The van der Waals surface area contributed by atoms with Gasteiger partial charge in [0.1, 0.15) is 11.9 Å². The van der Waals surface area contributed by atoms with Crippen molar-refractivity contribution in [1.29, 1.82) is 0 Å². The van der Waals surface area contributed by atoms with Gasteiger partial charge in [0, 0.05) is 18.8 Å². The first-order chi connectivity index (χ1) is 12.3. The number of piperidine rings is 1. The number of aromatic nitrogens is 2. The number of ether oxygens (including phenoxy) is 1. The fourth-order valence-corrected chi connectivity index (χ4v) is 2.98. The molecule has 2 heterocycles. The topological polar surface area (TPSA) is 55.3 Å². The number of carbonyl (C=O) groups excluding carboxylic acids is 1. The lowest BCUT2D eigenvalue weighted by Crippen LogP contribution is -2.45. The molecule has 0 N–H and O–H groups in total. The predicted molar refractivity (Wildman–Crippen MR) is 87.8 cm³/mol. The van der Waals surface area contributed by atoms with Crippen molar-refractivity contribution in [2.45, 2.75) is 32.0 Å². The molecule has 138 valence electrons. The van der Waals surface area contributed by atoms with Gasteiger partial charge in [0.15, 0.2) is 0 Å². The van der Waals surface area contributed by atoms with Gasteiger partial charge in [0.05, 0.1) is 17.7 Å². The number of benzene rings is 1. The molecule has 1 aliphatic heterocycles. The van der Waals surface area contributed by atoms with Crippen molar-refractivity contribution in [3.63, 3.8) is 0 Å². The highest BCUT2D eigenvalue weighted by Crippen LogP contribution is 2.32. The number of hydrogen-bond acceptors (Lipinski definition) is 4. The first-order valence-electron chi connectivity index (χ1n) is 8.26. The molecule has 1 aliphatic rings. The highest BCUT2D eigenvalue weighted by Gasteiger charge is 2.36. The van der Waals surface area contributed by atoms with Crippen LogP contribution in [0.4, 0.5) is 13.2 Å². The van der Waals surface area contributed by atoms with Crippen molar-refractivity contribution in [1.82, 2.24) is 14.9 Å². The Morgan fingerprint density at radius 2 is 2.04 bits per heavy atom. The van der Waals surface area contributed by atoms with E-state index in [9.17, 15) is 18.0 Å². The Balaban J connectivity index is 1.75. The third-order valence-electron chi connectivity index (χ3n) is 4.17. The van der Waals surface area contributed by atoms with Crippen molar-refractivity contribution in [2.75, 3.05) is 13.1 Å². The SMILES string of the molecule is Cc1nccc(OC2CCCN(C(=O)c3ccccc3C(F)(F)F)C2)n1. The third-order valence-corrected chi connectivity index (χ3v) is 4.17. The number of amides is 1. The summed E-state index contributed by atoms with van der Waals surface area (Å²) in [6, 6.07) is 6.47. The molecule has 0 saturated carbocycles. The standard InChI is InChI=1S/C18H18F3N3O2/c1-12-22-9-8-16(23-12)26-13-5-4-10-24(11-13)17(25)14-6-2-3-7-15(14)18(19,20)21/h2-3,6-9,13H,4-5,10-11H2,1H3. The number of aryl methyl sites for hydroxylation is 1. The Labute approximate surface area is 148 Å². The van der Waals surface area contributed by atoms with E-state index in [1.54, 1.807) is 19.2 Å². The van der Waals surface area contributed by atoms with Crippen molar-refractivity contribution in [2.24, 2.45) is 0 Å². The summed E-state index contributed by atoms with van der Waals surface area (Å²) < 4.78 is 45.3. The molecular weight excluding hydrogens is 347 g/mol. The molecule has 0 spiro atoms. The minimum absolute atomic E-state index is 0.216. The van der Waals surface area contributed by atoms with Gasteiger partial charge in [0.2, 0.25) is 5.88 Å². The van der Waals surface area contributed by atoms with E-state index >= 15 is 0 Å². The van der Waals surface area contributed by atoms with Gasteiger partial charge in [0.25, 0.3) is 5.91 Å². The molecule has 0 bridgehead atoms. The number of carbonyl (C=O) groups is 1. The lowest BCUT2D eigenvalue weighted by Gasteiger charge is -2.33. The van der Waals surface area contributed by atoms with Gasteiger partial charge in [-0.3, -0.25) is 4.79 Å². The smallest absolute Gasteiger partial charge is 0.417 e. The molecule has 0 radical (unpaired) electrons. The molecule has 26 heavy (non-hydrogen) atoms. The van der Waals surface area contributed by atoms with Crippen LogP contribution in [0.25, 0.3) is 0 Å². The Morgan fingerprint density at radius 1 is 1.27 bits per heavy atom. The largest absolute Gasteiger partial charge is 0.472 e. The van der Waals surface area contributed by atoms with Gasteiger partial charge < -0.3 is 9.64 Å². The number of nitrogens with zero attached hydrogens (tertiary/aromatic N) is 3. The van der Waals surface area contributed by atoms with E-state index in [4.69, 9.17) is 4.74 Å². The fraction of sp³-hybridized carbons (Fsp3) is 0.389. The second-order valence-electron chi connectivity index (χ2n) is 6.12. The van der Waals surface area contributed by atoms with Crippen LogP contribution in [0.1, 0.15) is 34.6 Å². The van der Waals surface area contributed by atoms with Gasteiger partial charge >= 0.3 is 6.18 Å². The Kier molecular flexibility index (Phi) is 5.11. The molecular formula is C18H18F3N3O2. The molecule has 1 aromatic carbocycles. The van der Waals surface area contributed by atoms with Crippen LogP contribution in [-0.2, 0) is 6.18 Å². The summed E-state index contributed by atoms with van der Waals surface area (Å²) in [7, 11) is 0.